The summed E-state index contributed by atoms with van der Waals surface area (Å²) < 4.78 is 46.4. The minimum Gasteiger partial charge on any atom is -0.468 e. The lowest BCUT2D eigenvalue weighted by Gasteiger charge is -2.26. The van der Waals surface area contributed by atoms with Crippen LogP contribution in [0.15, 0.2) is 23.3 Å². The maximum Gasteiger partial charge on any atom is 0.422 e. The smallest absolute Gasteiger partial charge is 0.422 e. The molecular weight excluding hydrogens is 375 g/mol. The monoisotopic (exact) mass is 403 g/mol. The van der Waals surface area contributed by atoms with Gasteiger partial charge in [-0.3, -0.25) is 4.90 Å². The lowest BCUT2D eigenvalue weighted by Crippen LogP contribution is -2.40. The molecule has 1 fully saturated rings. The van der Waals surface area contributed by atoms with Crippen LogP contribution in [0.5, 0.6) is 5.88 Å². The van der Waals surface area contributed by atoms with E-state index >= 15 is 0 Å². The van der Waals surface area contributed by atoms with Crippen molar-refractivity contribution in [3.8, 4) is 5.88 Å². The van der Waals surface area contributed by atoms with Crippen molar-refractivity contribution >= 4 is 5.96 Å². The van der Waals surface area contributed by atoms with Gasteiger partial charge in [-0.2, -0.15) is 13.2 Å². The summed E-state index contributed by atoms with van der Waals surface area (Å²) in [6.45, 7) is 7.09. The molecule has 0 saturated carbocycles. The minimum absolute atomic E-state index is 0.0572. The zero-order valence-corrected chi connectivity index (χ0v) is 16.1. The lowest BCUT2D eigenvalue weighted by molar-refractivity contribution is -0.154. The Balaban J connectivity index is 1.74. The van der Waals surface area contributed by atoms with Gasteiger partial charge in [-0.15, -0.1) is 0 Å². The van der Waals surface area contributed by atoms with Crippen molar-refractivity contribution in [2.75, 3.05) is 52.5 Å². The molecule has 1 aromatic rings. The molecule has 0 amide bonds. The lowest BCUT2D eigenvalue weighted by atomic mass is 10.3. The molecule has 10 heteroatoms. The van der Waals surface area contributed by atoms with Gasteiger partial charge in [-0.05, 0) is 25.5 Å². The highest BCUT2D eigenvalue weighted by Crippen LogP contribution is 2.17. The van der Waals surface area contributed by atoms with E-state index in [1.54, 1.807) is 6.07 Å². The predicted octanol–water partition coefficient (Wildman–Crippen LogP) is 1.80. The average Bonchev–Trinajstić information content (AvgIpc) is 2.68. The first-order valence-electron chi connectivity index (χ1n) is 9.43. The highest BCUT2D eigenvalue weighted by atomic mass is 19.4. The van der Waals surface area contributed by atoms with E-state index in [9.17, 15) is 13.2 Å². The molecule has 0 aliphatic carbocycles. The number of aliphatic imine (C=N–C) groups is 1. The second-order valence-electron chi connectivity index (χ2n) is 6.34. The van der Waals surface area contributed by atoms with Gasteiger partial charge in [0.25, 0.3) is 0 Å². The normalized spacial score (nSPS) is 16.1. The number of halogens is 3. The van der Waals surface area contributed by atoms with Gasteiger partial charge in [-0.1, -0.05) is 6.07 Å². The Morgan fingerprint density at radius 2 is 2.07 bits per heavy atom. The van der Waals surface area contributed by atoms with Gasteiger partial charge < -0.3 is 20.1 Å². The molecule has 2 N–H and O–H groups in total. The van der Waals surface area contributed by atoms with Crippen LogP contribution in [-0.4, -0.2) is 74.6 Å². The maximum atomic E-state index is 12.1. The van der Waals surface area contributed by atoms with Gasteiger partial charge >= 0.3 is 6.18 Å². The van der Waals surface area contributed by atoms with Crippen LogP contribution in [0, 0.1) is 0 Å². The molecule has 1 aromatic heterocycles. The molecule has 0 unspecified atom stereocenters. The number of alkyl halides is 3. The Morgan fingerprint density at radius 1 is 1.29 bits per heavy atom. The molecule has 1 aliphatic rings. The number of morpholine rings is 1. The fourth-order valence-electron chi connectivity index (χ4n) is 2.59. The second-order valence-corrected chi connectivity index (χ2v) is 6.34. The van der Waals surface area contributed by atoms with E-state index in [0.717, 1.165) is 57.9 Å². The first kappa shape index (κ1) is 22.2. The quantitative estimate of drug-likeness (QED) is 0.372. The van der Waals surface area contributed by atoms with Crippen molar-refractivity contribution in [2.45, 2.75) is 26.1 Å². The van der Waals surface area contributed by atoms with E-state index in [-0.39, 0.29) is 5.88 Å². The number of aromatic nitrogens is 1. The van der Waals surface area contributed by atoms with Gasteiger partial charge in [-0.25, -0.2) is 9.98 Å². The molecule has 0 spiro atoms. The highest BCUT2D eigenvalue weighted by molar-refractivity contribution is 5.79. The third-order valence-corrected chi connectivity index (χ3v) is 3.99. The Bertz CT molecular complexity index is 590. The Kier molecular flexibility index (Phi) is 9.29. The molecule has 0 atom stereocenters. The molecule has 1 saturated heterocycles. The van der Waals surface area contributed by atoms with Crippen molar-refractivity contribution in [1.82, 2.24) is 20.5 Å². The van der Waals surface area contributed by atoms with Crippen LogP contribution in [0.4, 0.5) is 13.2 Å². The van der Waals surface area contributed by atoms with E-state index < -0.39 is 12.8 Å². The summed E-state index contributed by atoms with van der Waals surface area (Å²) in [5, 5.41) is 6.46. The first-order valence-corrected chi connectivity index (χ1v) is 9.43. The topological polar surface area (TPSA) is 71.0 Å². The van der Waals surface area contributed by atoms with Crippen molar-refractivity contribution in [3.63, 3.8) is 0 Å². The number of nitrogens with zero attached hydrogens (tertiary/aromatic N) is 3. The molecular formula is C18H28F3N5O2. The number of hydrogen-bond acceptors (Lipinski definition) is 5. The van der Waals surface area contributed by atoms with E-state index in [1.165, 1.54) is 12.3 Å². The maximum absolute atomic E-state index is 12.1. The number of hydrogen-bond donors (Lipinski definition) is 2. The summed E-state index contributed by atoms with van der Waals surface area (Å²) in [6, 6.07) is 3.07. The van der Waals surface area contributed by atoms with E-state index in [0.29, 0.717) is 12.5 Å². The van der Waals surface area contributed by atoms with Crippen LogP contribution in [0.25, 0.3) is 0 Å². The standard InChI is InChI=1S/C18H28F3N5O2/c1-2-22-17(23-6-3-7-26-8-10-27-11-9-26)25-13-15-4-5-16(24-12-15)28-14-18(19,20)21/h4-5,12H,2-3,6-11,13-14H2,1H3,(H2,22,23,25). The van der Waals surface area contributed by atoms with E-state index in [1.807, 2.05) is 6.92 Å². The molecule has 0 radical (unpaired) electrons. The summed E-state index contributed by atoms with van der Waals surface area (Å²) in [5.74, 6) is 0.639. The van der Waals surface area contributed by atoms with Gasteiger partial charge in [0.15, 0.2) is 12.6 Å². The minimum atomic E-state index is -4.38. The Hall–Kier alpha value is -2.07. The van der Waals surface area contributed by atoms with Crippen molar-refractivity contribution in [3.05, 3.63) is 23.9 Å². The Morgan fingerprint density at radius 3 is 2.71 bits per heavy atom. The highest BCUT2D eigenvalue weighted by Gasteiger charge is 2.28. The molecule has 0 aromatic carbocycles. The van der Waals surface area contributed by atoms with Crippen LogP contribution < -0.4 is 15.4 Å². The first-order chi connectivity index (χ1) is 13.5. The van der Waals surface area contributed by atoms with Crippen molar-refractivity contribution in [1.29, 1.82) is 0 Å². The number of rotatable bonds is 9. The van der Waals surface area contributed by atoms with Crippen molar-refractivity contribution < 1.29 is 22.6 Å². The van der Waals surface area contributed by atoms with Crippen LogP contribution >= 0.6 is 0 Å². The molecule has 2 rings (SSSR count). The third kappa shape index (κ3) is 9.23. The third-order valence-electron chi connectivity index (χ3n) is 3.99. The van der Waals surface area contributed by atoms with Gasteiger partial charge in [0.05, 0.1) is 19.8 Å². The predicted molar refractivity (Wildman–Crippen MR) is 100 cm³/mol. The number of ether oxygens (including phenoxy) is 2. The zero-order chi connectivity index (χ0) is 20.2. The SMILES string of the molecule is CCNC(=NCc1ccc(OCC(F)(F)F)nc1)NCCCN1CCOCC1. The van der Waals surface area contributed by atoms with Crippen LogP contribution in [0.2, 0.25) is 0 Å². The van der Waals surface area contributed by atoms with Gasteiger partial charge in [0.2, 0.25) is 5.88 Å². The average molecular weight is 403 g/mol. The van der Waals surface area contributed by atoms with Crippen LogP contribution in [0.3, 0.4) is 0 Å². The zero-order valence-electron chi connectivity index (χ0n) is 16.1. The molecule has 2 heterocycles. The van der Waals surface area contributed by atoms with Gasteiger partial charge in [0.1, 0.15) is 0 Å². The summed E-state index contributed by atoms with van der Waals surface area (Å²) >= 11 is 0. The number of nitrogens with one attached hydrogen (secondary N) is 2. The summed E-state index contributed by atoms with van der Waals surface area (Å²) in [5.41, 5.74) is 0.782. The second kappa shape index (κ2) is 11.7. The van der Waals surface area contributed by atoms with E-state index in [4.69, 9.17) is 4.74 Å². The van der Waals surface area contributed by atoms with Crippen molar-refractivity contribution in [2.24, 2.45) is 4.99 Å². The van der Waals surface area contributed by atoms with Crippen LogP contribution in [0.1, 0.15) is 18.9 Å². The fourth-order valence-corrected chi connectivity index (χ4v) is 2.59. The summed E-state index contributed by atoms with van der Waals surface area (Å²) in [4.78, 5) is 10.7. The molecule has 0 bridgehead atoms. The Labute approximate surface area is 163 Å². The molecule has 1 aliphatic heterocycles. The van der Waals surface area contributed by atoms with E-state index in [2.05, 4.69) is 30.2 Å². The number of pyridine rings is 1. The molecule has 158 valence electrons. The number of guanidine groups is 1. The summed E-state index contributed by atoms with van der Waals surface area (Å²) in [7, 11) is 0. The fraction of sp³-hybridized carbons (Fsp3) is 0.667. The molecule has 7 nitrogen and oxygen atoms in total. The molecule has 28 heavy (non-hydrogen) atoms. The largest absolute Gasteiger partial charge is 0.468 e. The summed E-state index contributed by atoms with van der Waals surface area (Å²) in [6.07, 6.45) is -1.91. The van der Waals surface area contributed by atoms with Gasteiger partial charge in [0, 0.05) is 38.4 Å². The van der Waals surface area contributed by atoms with Crippen LogP contribution in [-0.2, 0) is 11.3 Å².